The van der Waals surface area contributed by atoms with Crippen LogP contribution in [0.3, 0.4) is 0 Å². The zero-order chi connectivity index (χ0) is 8.97. The lowest BCUT2D eigenvalue weighted by Crippen LogP contribution is -2.39. The van der Waals surface area contributed by atoms with E-state index in [-0.39, 0.29) is 6.04 Å². The molecule has 0 aromatic heterocycles. The third kappa shape index (κ3) is 2.91. The van der Waals surface area contributed by atoms with Crippen LogP contribution in [0.25, 0.3) is 0 Å². The smallest absolute Gasteiger partial charge is 0.163 e. The van der Waals surface area contributed by atoms with Crippen molar-refractivity contribution in [3.05, 3.63) is 0 Å². The van der Waals surface area contributed by atoms with Crippen molar-refractivity contribution in [2.45, 2.75) is 38.8 Å². The molecule has 1 fully saturated rings. The molecule has 0 aliphatic carbocycles. The fraction of sp³-hybridized carbons (Fsp3) is 0.889. The Morgan fingerprint density at radius 3 is 2.92 bits per heavy atom. The summed E-state index contributed by atoms with van der Waals surface area (Å²) in [5.41, 5.74) is 0. The van der Waals surface area contributed by atoms with Gasteiger partial charge in [0.05, 0.1) is 12.6 Å². The van der Waals surface area contributed by atoms with Gasteiger partial charge in [-0.05, 0) is 19.4 Å². The minimum absolute atomic E-state index is 0.122. The van der Waals surface area contributed by atoms with Crippen LogP contribution in [0.15, 0.2) is 0 Å². The molecule has 0 aromatic rings. The van der Waals surface area contributed by atoms with E-state index in [1.54, 1.807) is 0 Å². The van der Waals surface area contributed by atoms with Gasteiger partial charge in [-0.2, -0.15) is 0 Å². The highest BCUT2D eigenvalue weighted by Crippen LogP contribution is 2.05. The summed E-state index contributed by atoms with van der Waals surface area (Å²) < 4.78 is 0. The molecule has 1 saturated heterocycles. The Balaban J connectivity index is 2.18. The lowest BCUT2D eigenvalue weighted by Gasteiger charge is -2.11. The van der Waals surface area contributed by atoms with Crippen LogP contribution in [-0.4, -0.2) is 31.0 Å². The molecule has 0 radical (unpaired) electrons. The largest absolute Gasteiger partial charge is 0.308 e. The molecule has 1 atom stereocenters. The molecule has 1 aliphatic heterocycles. The number of Topliss-reactive ketones (excluding diaryl/α,β-unsaturated/α-hetero) is 1. The third-order valence-electron chi connectivity index (χ3n) is 2.13. The highest BCUT2D eigenvalue weighted by Gasteiger charge is 2.21. The molecule has 0 spiro atoms. The summed E-state index contributed by atoms with van der Waals surface area (Å²) in [5, 5.41) is 6.32. The number of hydrogen-bond donors (Lipinski definition) is 2. The number of hydrogen-bond acceptors (Lipinski definition) is 3. The van der Waals surface area contributed by atoms with Gasteiger partial charge >= 0.3 is 0 Å². The Morgan fingerprint density at radius 2 is 2.42 bits per heavy atom. The number of ketones is 1. The zero-order valence-corrected chi connectivity index (χ0v) is 7.89. The molecule has 2 N–H and O–H groups in total. The summed E-state index contributed by atoms with van der Waals surface area (Å²) in [6, 6.07) is 0.520. The molecule has 70 valence electrons. The zero-order valence-electron chi connectivity index (χ0n) is 7.89. The van der Waals surface area contributed by atoms with Crippen molar-refractivity contribution in [2.75, 3.05) is 13.1 Å². The summed E-state index contributed by atoms with van der Waals surface area (Å²) in [7, 11) is 0. The molecule has 3 nitrogen and oxygen atoms in total. The SMILES string of the molecule is CC(C)NCC(=O)C1CCCN1. The van der Waals surface area contributed by atoms with Crippen molar-refractivity contribution < 1.29 is 4.79 Å². The second-order valence-electron chi connectivity index (χ2n) is 3.65. The highest BCUT2D eigenvalue weighted by atomic mass is 16.1. The van der Waals surface area contributed by atoms with E-state index in [1.165, 1.54) is 0 Å². The van der Waals surface area contributed by atoms with Crippen molar-refractivity contribution in [2.24, 2.45) is 0 Å². The molecule has 0 amide bonds. The van der Waals surface area contributed by atoms with E-state index in [0.717, 1.165) is 19.4 Å². The van der Waals surface area contributed by atoms with Crippen LogP contribution in [0, 0.1) is 0 Å². The molecule has 1 rings (SSSR count). The number of rotatable bonds is 4. The first-order valence-corrected chi connectivity index (χ1v) is 4.69. The van der Waals surface area contributed by atoms with Crippen LogP contribution in [0.1, 0.15) is 26.7 Å². The van der Waals surface area contributed by atoms with Crippen molar-refractivity contribution in [1.82, 2.24) is 10.6 Å². The van der Waals surface area contributed by atoms with E-state index in [0.29, 0.717) is 18.4 Å². The summed E-state index contributed by atoms with van der Waals surface area (Å²) in [4.78, 5) is 11.4. The van der Waals surface area contributed by atoms with Crippen LogP contribution < -0.4 is 10.6 Å². The molecule has 0 bridgehead atoms. The molecule has 0 saturated carbocycles. The Morgan fingerprint density at radius 1 is 1.67 bits per heavy atom. The van der Waals surface area contributed by atoms with Crippen LogP contribution in [0.4, 0.5) is 0 Å². The van der Waals surface area contributed by atoms with E-state index >= 15 is 0 Å². The van der Waals surface area contributed by atoms with E-state index in [2.05, 4.69) is 24.5 Å². The van der Waals surface area contributed by atoms with Crippen LogP contribution >= 0.6 is 0 Å². The van der Waals surface area contributed by atoms with Gasteiger partial charge in [-0.15, -0.1) is 0 Å². The molecule has 1 aliphatic rings. The molecule has 0 aromatic carbocycles. The van der Waals surface area contributed by atoms with Crippen LogP contribution in [0.2, 0.25) is 0 Å². The normalized spacial score (nSPS) is 23.4. The molecule has 12 heavy (non-hydrogen) atoms. The first-order chi connectivity index (χ1) is 5.70. The predicted octanol–water partition coefficient (Wildman–Crippen LogP) is 0.305. The van der Waals surface area contributed by atoms with Gasteiger partial charge in [0.1, 0.15) is 0 Å². The van der Waals surface area contributed by atoms with E-state index in [9.17, 15) is 4.79 Å². The monoisotopic (exact) mass is 170 g/mol. The maximum Gasteiger partial charge on any atom is 0.163 e. The minimum atomic E-state index is 0.122. The molecule has 1 heterocycles. The van der Waals surface area contributed by atoms with Gasteiger partial charge in [0.25, 0.3) is 0 Å². The predicted molar refractivity (Wildman–Crippen MR) is 49.2 cm³/mol. The van der Waals surface area contributed by atoms with Crippen molar-refractivity contribution in [3.8, 4) is 0 Å². The number of carbonyl (C=O) groups excluding carboxylic acids is 1. The van der Waals surface area contributed by atoms with Crippen molar-refractivity contribution >= 4 is 5.78 Å². The van der Waals surface area contributed by atoms with E-state index in [4.69, 9.17) is 0 Å². The molecule has 3 heteroatoms. The summed E-state index contributed by atoms with van der Waals surface area (Å²) in [6.45, 7) is 5.61. The molecular weight excluding hydrogens is 152 g/mol. The van der Waals surface area contributed by atoms with Gasteiger partial charge in [-0.25, -0.2) is 0 Å². The lowest BCUT2D eigenvalue weighted by molar-refractivity contribution is -0.119. The number of carbonyl (C=O) groups is 1. The van der Waals surface area contributed by atoms with Crippen LogP contribution in [-0.2, 0) is 4.79 Å². The molecule has 1 unspecified atom stereocenters. The minimum Gasteiger partial charge on any atom is -0.308 e. The van der Waals surface area contributed by atoms with Gasteiger partial charge < -0.3 is 10.6 Å². The first kappa shape index (κ1) is 9.68. The highest BCUT2D eigenvalue weighted by molar-refractivity contribution is 5.86. The van der Waals surface area contributed by atoms with Gasteiger partial charge in [-0.1, -0.05) is 13.8 Å². The van der Waals surface area contributed by atoms with E-state index < -0.39 is 0 Å². The quantitative estimate of drug-likeness (QED) is 0.638. The second kappa shape index (κ2) is 4.58. The maximum atomic E-state index is 11.4. The van der Waals surface area contributed by atoms with Gasteiger partial charge in [0, 0.05) is 6.04 Å². The summed E-state index contributed by atoms with van der Waals surface area (Å²) in [5.74, 6) is 0.307. The Bertz CT molecular complexity index is 151. The topological polar surface area (TPSA) is 41.1 Å². The Labute approximate surface area is 73.9 Å². The Kier molecular flexibility index (Phi) is 3.69. The van der Waals surface area contributed by atoms with E-state index in [1.807, 2.05) is 0 Å². The first-order valence-electron chi connectivity index (χ1n) is 4.69. The maximum absolute atomic E-state index is 11.4. The fourth-order valence-corrected chi connectivity index (χ4v) is 1.39. The fourth-order valence-electron chi connectivity index (χ4n) is 1.39. The average molecular weight is 170 g/mol. The standard InChI is InChI=1S/C9H18N2O/c1-7(2)11-6-9(12)8-4-3-5-10-8/h7-8,10-11H,3-6H2,1-2H3. The summed E-state index contributed by atoms with van der Waals surface area (Å²) in [6.07, 6.45) is 2.15. The van der Waals surface area contributed by atoms with Crippen LogP contribution in [0.5, 0.6) is 0 Å². The second-order valence-corrected chi connectivity index (χ2v) is 3.65. The van der Waals surface area contributed by atoms with Gasteiger partial charge in [-0.3, -0.25) is 4.79 Å². The van der Waals surface area contributed by atoms with Gasteiger partial charge in [0.15, 0.2) is 5.78 Å². The number of nitrogens with one attached hydrogen (secondary N) is 2. The Hall–Kier alpha value is -0.410. The lowest BCUT2D eigenvalue weighted by atomic mass is 10.1. The van der Waals surface area contributed by atoms with Crippen molar-refractivity contribution in [1.29, 1.82) is 0 Å². The average Bonchev–Trinajstić information content (AvgIpc) is 2.51. The van der Waals surface area contributed by atoms with Gasteiger partial charge in [0.2, 0.25) is 0 Å². The molecular formula is C9H18N2O. The van der Waals surface area contributed by atoms with Crippen molar-refractivity contribution in [3.63, 3.8) is 0 Å². The third-order valence-corrected chi connectivity index (χ3v) is 2.13. The summed E-state index contributed by atoms with van der Waals surface area (Å²) >= 11 is 0.